The molecule has 1 aliphatic rings. The van der Waals surface area contributed by atoms with Crippen LogP contribution in [0.4, 0.5) is 4.39 Å². The molecule has 30 heavy (non-hydrogen) atoms. The van der Waals surface area contributed by atoms with Crippen LogP contribution < -0.4 is 10.6 Å². The summed E-state index contributed by atoms with van der Waals surface area (Å²) in [5.74, 6) is 2.88. The number of aromatic nitrogens is 3. The maximum absolute atomic E-state index is 14.0. The molecule has 0 saturated carbocycles. The molecule has 0 bridgehead atoms. The van der Waals surface area contributed by atoms with E-state index in [2.05, 4.69) is 39.6 Å². The van der Waals surface area contributed by atoms with Crippen molar-refractivity contribution in [3.05, 3.63) is 46.8 Å². The molecule has 0 fully saturated rings. The van der Waals surface area contributed by atoms with Crippen molar-refractivity contribution in [1.29, 1.82) is 0 Å². The molecule has 9 heteroatoms. The lowest BCUT2D eigenvalue weighted by atomic mass is 10.1. The van der Waals surface area contributed by atoms with Crippen LogP contribution in [0.25, 0.3) is 0 Å². The Hall–Kier alpha value is -1.75. The van der Waals surface area contributed by atoms with Gasteiger partial charge >= 0.3 is 0 Å². The molecule has 0 saturated heterocycles. The third-order valence-corrected chi connectivity index (χ3v) is 5.01. The minimum absolute atomic E-state index is 0. The lowest BCUT2D eigenvalue weighted by Crippen LogP contribution is -2.46. The van der Waals surface area contributed by atoms with Gasteiger partial charge in [0.2, 0.25) is 0 Å². The topological polar surface area (TPSA) is 70.4 Å². The second-order valence-electron chi connectivity index (χ2n) is 8.19. The highest BCUT2D eigenvalue weighted by Gasteiger charge is 2.23. The van der Waals surface area contributed by atoms with Crippen LogP contribution in [-0.4, -0.2) is 52.8 Å². The molecule has 0 radical (unpaired) electrons. The Morgan fingerprint density at radius 1 is 1.37 bits per heavy atom. The molecule has 1 aromatic heterocycles. The molecule has 0 spiro atoms. The first-order chi connectivity index (χ1) is 13.9. The van der Waals surface area contributed by atoms with Crippen molar-refractivity contribution in [1.82, 2.24) is 30.3 Å². The molecule has 0 amide bonds. The third-order valence-electron chi connectivity index (χ3n) is 5.01. The van der Waals surface area contributed by atoms with Crippen molar-refractivity contribution in [2.45, 2.75) is 58.3 Å². The van der Waals surface area contributed by atoms with E-state index in [1.165, 1.54) is 6.07 Å². The predicted molar refractivity (Wildman–Crippen MR) is 129 cm³/mol. The Kier molecular flexibility index (Phi) is 9.02. The maximum atomic E-state index is 14.0. The first kappa shape index (κ1) is 24.5. The standard InChI is InChI=1S/C21H32FN7.HI/c1-14(2)20-26-19-9-7-17(13-29(19)27-20)25-21(23-3)24-11-15-6-8-18(22)16(10-15)12-28(4)5;/h6,8,10,14,17H,7,9,11-13H2,1-5H3,(H2,23,24,25);1H. The molecular formula is C21H33FIN7. The molecule has 1 atom stereocenters. The fourth-order valence-corrected chi connectivity index (χ4v) is 3.46. The van der Waals surface area contributed by atoms with E-state index in [9.17, 15) is 4.39 Å². The highest BCUT2D eigenvalue weighted by atomic mass is 127. The van der Waals surface area contributed by atoms with Gasteiger partial charge in [-0.3, -0.25) is 4.99 Å². The molecular weight excluding hydrogens is 496 g/mol. The Labute approximate surface area is 195 Å². The van der Waals surface area contributed by atoms with Gasteiger partial charge in [-0.15, -0.1) is 24.0 Å². The number of rotatable bonds is 6. The molecule has 1 aromatic carbocycles. The van der Waals surface area contributed by atoms with Crippen molar-refractivity contribution < 1.29 is 4.39 Å². The lowest BCUT2D eigenvalue weighted by molar-refractivity contribution is 0.391. The van der Waals surface area contributed by atoms with Crippen molar-refractivity contribution >= 4 is 29.9 Å². The zero-order chi connectivity index (χ0) is 21.0. The van der Waals surface area contributed by atoms with Crippen LogP contribution in [0.15, 0.2) is 23.2 Å². The van der Waals surface area contributed by atoms with Gasteiger partial charge in [-0.1, -0.05) is 19.9 Å². The van der Waals surface area contributed by atoms with Crippen molar-refractivity contribution in [3.63, 3.8) is 0 Å². The number of nitrogens with zero attached hydrogens (tertiary/aromatic N) is 5. The van der Waals surface area contributed by atoms with E-state index in [0.29, 0.717) is 24.6 Å². The number of benzene rings is 1. The molecule has 2 heterocycles. The SMILES string of the molecule is CN=C(NCc1ccc(F)c(CN(C)C)c1)NC1CCc2nc(C(C)C)nn2C1.I. The predicted octanol–water partition coefficient (Wildman–Crippen LogP) is 2.90. The van der Waals surface area contributed by atoms with Crippen molar-refractivity contribution in [3.8, 4) is 0 Å². The van der Waals surface area contributed by atoms with Gasteiger partial charge < -0.3 is 15.5 Å². The average Bonchev–Trinajstić information content (AvgIpc) is 3.10. The molecule has 1 aliphatic heterocycles. The number of aliphatic imine (C=N–C) groups is 1. The molecule has 0 aliphatic carbocycles. The van der Waals surface area contributed by atoms with Crippen LogP contribution >= 0.6 is 24.0 Å². The monoisotopic (exact) mass is 529 g/mol. The van der Waals surface area contributed by atoms with Gasteiger partial charge in [0.05, 0.1) is 6.54 Å². The molecule has 2 aromatic rings. The third kappa shape index (κ3) is 6.37. The normalized spacial score (nSPS) is 16.4. The van der Waals surface area contributed by atoms with E-state index in [-0.39, 0.29) is 35.8 Å². The second kappa shape index (κ2) is 11.0. The first-order valence-electron chi connectivity index (χ1n) is 10.2. The number of aryl methyl sites for hydroxylation is 1. The van der Waals surface area contributed by atoms with Crippen molar-refractivity contribution in [2.75, 3.05) is 21.1 Å². The van der Waals surface area contributed by atoms with Gasteiger partial charge in [-0.05, 0) is 38.2 Å². The summed E-state index contributed by atoms with van der Waals surface area (Å²) in [6.45, 7) is 6.16. The van der Waals surface area contributed by atoms with Crippen molar-refractivity contribution in [2.24, 2.45) is 4.99 Å². The fourth-order valence-electron chi connectivity index (χ4n) is 3.46. The Morgan fingerprint density at radius 2 is 2.13 bits per heavy atom. The summed E-state index contributed by atoms with van der Waals surface area (Å²) in [6, 6.07) is 5.50. The summed E-state index contributed by atoms with van der Waals surface area (Å²) in [6.07, 6.45) is 1.89. The summed E-state index contributed by atoms with van der Waals surface area (Å²) < 4.78 is 16.0. The number of nitrogens with one attached hydrogen (secondary N) is 2. The summed E-state index contributed by atoms with van der Waals surface area (Å²) >= 11 is 0. The highest BCUT2D eigenvalue weighted by molar-refractivity contribution is 14.0. The Morgan fingerprint density at radius 3 is 2.80 bits per heavy atom. The largest absolute Gasteiger partial charge is 0.352 e. The van der Waals surface area contributed by atoms with E-state index < -0.39 is 0 Å². The Bertz CT molecular complexity index is 863. The lowest BCUT2D eigenvalue weighted by Gasteiger charge is -2.25. The summed E-state index contributed by atoms with van der Waals surface area (Å²) in [7, 11) is 5.63. The summed E-state index contributed by atoms with van der Waals surface area (Å²) in [4.78, 5) is 10.9. The molecule has 1 unspecified atom stereocenters. The van der Waals surface area contributed by atoms with E-state index in [4.69, 9.17) is 0 Å². The van der Waals surface area contributed by atoms with E-state index in [1.54, 1.807) is 7.05 Å². The molecule has 3 rings (SSSR count). The minimum atomic E-state index is -0.170. The summed E-state index contributed by atoms with van der Waals surface area (Å²) in [5, 5.41) is 11.5. The number of hydrogen-bond donors (Lipinski definition) is 2. The van der Waals surface area contributed by atoms with Crippen LogP contribution in [-0.2, 0) is 26.1 Å². The zero-order valence-corrected chi connectivity index (χ0v) is 20.8. The van der Waals surface area contributed by atoms with Gasteiger partial charge in [-0.2, -0.15) is 5.10 Å². The first-order valence-corrected chi connectivity index (χ1v) is 10.2. The number of fused-ring (bicyclic) bond motifs is 1. The van der Waals surface area contributed by atoms with Gasteiger partial charge in [0.25, 0.3) is 0 Å². The zero-order valence-electron chi connectivity index (χ0n) is 18.4. The van der Waals surface area contributed by atoms with Gasteiger partial charge in [0.15, 0.2) is 11.8 Å². The summed E-state index contributed by atoms with van der Waals surface area (Å²) in [5.41, 5.74) is 1.72. The fraction of sp³-hybridized carbons (Fsp3) is 0.571. The highest BCUT2D eigenvalue weighted by Crippen LogP contribution is 2.17. The maximum Gasteiger partial charge on any atom is 0.191 e. The smallest absolute Gasteiger partial charge is 0.191 e. The van der Waals surface area contributed by atoms with Crippen LogP contribution in [0.3, 0.4) is 0 Å². The van der Waals surface area contributed by atoms with Gasteiger partial charge in [-0.25, -0.2) is 14.1 Å². The Balaban J connectivity index is 0.00000320. The van der Waals surface area contributed by atoms with Gasteiger partial charge in [0, 0.05) is 44.1 Å². The van der Waals surface area contributed by atoms with E-state index in [0.717, 1.165) is 42.6 Å². The van der Waals surface area contributed by atoms with E-state index in [1.807, 2.05) is 35.8 Å². The van der Waals surface area contributed by atoms with Crippen LogP contribution in [0.2, 0.25) is 0 Å². The van der Waals surface area contributed by atoms with Gasteiger partial charge in [0.1, 0.15) is 11.6 Å². The molecule has 2 N–H and O–H groups in total. The quantitative estimate of drug-likeness (QED) is 0.342. The minimum Gasteiger partial charge on any atom is -0.352 e. The number of hydrogen-bond acceptors (Lipinski definition) is 4. The molecule has 7 nitrogen and oxygen atoms in total. The second-order valence-corrected chi connectivity index (χ2v) is 8.19. The van der Waals surface area contributed by atoms with E-state index >= 15 is 0 Å². The number of guanidine groups is 1. The number of halogens is 2. The van der Waals surface area contributed by atoms with Crippen LogP contribution in [0.5, 0.6) is 0 Å². The molecule has 166 valence electrons. The van der Waals surface area contributed by atoms with Crippen LogP contribution in [0.1, 0.15) is 49.0 Å². The van der Waals surface area contributed by atoms with Crippen LogP contribution in [0, 0.1) is 5.82 Å². The average molecular weight is 529 g/mol.